The second kappa shape index (κ2) is 4.60. The predicted octanol–water partition coefficient (Wildman–Crippen LogP) is 1.32. The van der Waals surface area contributed by atoms with Crippen molar-refractivity contribution in [2.45, 2.75) is 44.3 Å². The van der Waals surface area contributed by atoms with E-state index in [1.807, 2.05) is 0 Å². The summed E-state index contributed by atoms with van der Waals surface area (Å²) >= 11 is 0. The highest BCUT2D eigenvalue weighted by atomic mass is 16.5. The van der Waals surface area contributed by atoms with Crippen LogP contribution in [-0.2, 0) is 9.47 Å². The minimum absolute atomic E-state index is 0.118. The van der Waals surface area contributed by atoms with Crippen LogP contribution in [0, 0.1) is 0 Å². The van der Waals surface area contributed by atoms with Gasteiger partial charge in [0.05, 0.1) is 11.7 Å². The molecule has 0 aliphatic carbocycles. The van der Waals surface area contributed by atoms with E-state index in [2.05, 4.69) is 12.2 Å². The smallest absolute Gasteiger partial charge is 0.0682 e. The first kappa shape index (κ1) is 10.4. The van der Waals surface area contributed by atoms with E-state index >= 15 is 0 Å². The maximum absolute atomic E-state index is 6.20. The SMILES string of the molecule is CC1(OC2CCOCC2)CCNCC1. The molecule has 1 N–H and O–H groups in total. The van der Waals surface area contributed by atoms with Crippen LogP contribution < -0.4 is 5.32 Å². The highest BCUT2D eigenvalue weighted by Gasteiger charge is 2.31. The zero-order chi connectivity index (χ0) is 9.86. The van der Waals surface area contributed by atoms with Gasteiger partial charge in [-0.25, -0.2) is 0 Å². The van der Waals surface area contributed by atoms with Crippen LogP contribution in [0.25, 0.3) is 0 Å². The second-order valence-electron chi connectivity index (χ2n) is 4.63. The number of hydrogen-bond acceptors (Lipinski definition) is 3. The van der Waals surface area contributed by atoms with E-state index in [-0.39, 0.29) is 5.60 Å². The molecule has 0 aromatic rings. The molecule has 2 rings (SSSR count). The molecule has 14 heavy (non-hydrogen) atoms. The fourth-order valence-electron chi connectivity index (χ4n) is 2.27. The summed E-state index contributed by atoms with van der Waals surface area (Å²) in [5.74, 6) is 0. The highest BCUT2D eigenvalue weighted by molar-refractivity contribution is 4.83. The molecule has 0 bridgehead atoms. The highest BCUT2D eigenvalue weighted by Crippen LogP contribution is 2.26. The van der Waals surface area contributed by atoms with Gasteiger partial charge in [0, 0.05) is 13.2 Å². The average Bonchev–Trinajstić information content (AvgIpc) is 2.19. The zero-order valence-corrected chi connectivity index (χ0v) is 9.05. The predicted molar refractivity (Wildman–Crippen MR) is 55.4 cm³/mol. The summed E-state index contributed by atoms with van der Waals surface area (Å²) in [6.07, 6.45) is 4.87. The van der Waals surface area contributed by atoms with Crippen molar-refractivity contribution < 1.29 is 9.47 Å². The number of ether oxygens (including phenoxy) is 2. The van der Waals surface area contributed by atoms with Crippen molar-refractivity contribution in [3.63, 3.8) is 0 Å². The molecule has 0 atom stereocenters. The van der Waals surface area contributed by atoms with E-state index in [0.717, 1.165) is 52.0 Å². The monoisotopic (exact) mass is 199 g/mol. The Hall–Kier alpha value is -0.120. The first-order valence-corrected chi connectivity index (χ1v) is 5.75. The van der Waals surface area contributed by atoms with Crippen molar-refractivity contribution in [2.75, 3.05) is 26.3 Å². The maximum atomic E-state index is 6.20. The summed E-state index contributed by atoms with van der Waals surface area (Å²) in [5.41, 5.74) is 0.118. The Bertz CT molecular complexity index is 172. The van der Waals surface area contributed by atoms with Crippen LogP contribution in [0.1, 0.15) is 32.6 Å². The topological polar surface area (TPSA) is 30.5 Å². The summed E-state index contributed by atoms with van der Waals surface area (Å²) in [5, 5.41) is 3.37. The van der Waals surface area contributed by atoms with Gasteiger partial charge in [-0.1, -0.05) is 0 Å². The van der Waals surface area contributed by atoms with Gasteiger partial charge in [0.25, 0.3) is 0 Å². The van der Waals surface area contributed by atoms with Crippen LogP contribution in [0.15, 0.2) is 0 Å². The Morgan fingerprint density at radius 3 is 2.50 bits per heavy atom. The Morgan fingerprint density at radius 2 is 1.86 bits per heavy atom. The lowest BCUT2D eigenvalue weighted by atomic mass is 9.94. The maximum Gasteiger partial charge on any atom is 0.0682 e. The van der Waals surface area contributed by atoms with Crippen LogP contribution >= 0.6 is 0 Å². The number of rotatable bonds is 2. The first-order chi connectivity index (χ1) is 6.79. The zero-order valence-electron chi connectivity index (χ0n) is 9.05. The molecule has 0 saturated carbocycles. The van der Waals surface area contributed by atoms with Gasteiger partial charge >= 0.3 is 0 Å². The van der Waals surface area contributed by atoms with Gasteiger partial charge < -0.3 is 14.8 Å². The Labute approximate surface area is 86.2 Å². The van der Waals surface area contributed by atoms with Gasteiger partial charge in [-0.2, -0.15) is 0 Å². The molecule has 2 aliphatic rings. The molecule has 2 heterocycles. The van der Waals surface area contributed by atoms with Crippen molar-refractivity contribution >= 4 is 0 Å². The van der Waals surface area contributed by atoms with Gasteiger partial charge in [-0.15, -0.1) is 0 Å². The van der Waals surface area contributed by atoms with Crippen LogP contribution in [0.2, 0.25) is 0 Å². The summed E-state index contributed by atoms with van der Waals surface area (Å²) in [7, 11) is 0. The third kappa shape index (κ3) is 2.69. The van der Waals surface area contributed by atoms with E-state index < -0.39 is 0 Å². The van der Waals surface area contributed by atoms with Gasteiger partial charge in [0.2, 0.25) is 0 Å². The number of piperidine rings is 1. The van der Waals surface area contributed by atoms with Crippen LogP contribution in [0.4, 0.5) is 0 Å². The van der Waals surface area contributed by atoms with E-state index in [9.17, 15) is 0 Å². The minimum atomic E-state index is 0.118. The fourth-order valence-corrected chi connectivity index (χ4v) is 2.27. The van der Waals surface area contributed by atoms with E-state index in [1.165, 1.54) is 0 Å². The van der Waals surface area contributed by atoms with Crippen molar-refractivity contribution in [1.82, 2.24) is 5.32 Å². The van der Waals surface area contributed by atoms with Gasteiger partial charge in [-0.3, -0.25) is 0 Å². The average molecular weight is 199 g/mol. The lowest BCUT2D eigenvalue weighted by Crippen LogP contribution is -2.44. The summed E-state index contributed by atoms with van der Waals surface area (Å²) < 4.78 is 11.5. The van der Waals surface area contributed by atoms with Gasteiger partial charge in [-0.05, 0) is 45.7 Å². The van der Waals surface area contributed by atoms with Crippen molar-refractivity contribution in [1.29, 1.82) is 0 Å². The normalized spacial score (nSPS) is 28.9. The first-order valence-electron chi connectivity index (χ1n) is 5.75. The molecule has 2 fully saturated rings. The van der Waals surface area contributed by atoms with Crippen LogP contribution in [0.5, 0.6) is 0 Å². The van der Waals surface area contributed by atoms with Crippen LogP contribution in [-0.4, -0.2) is 38.0 Å². The molecule has 0 spiro atoms. The Kier molecular flexibility index (Phi) is 3.42. The third-order valence-electron chi connectivity index (χ3n) is 3.28. The minimum Gasteiger partial charge on any atom is -0.381 e. The van der Waals surface area contributed by atoms with Crippen LogP contribution in [0.3, 0.4) is 0 Å². The largest absolute Gasteiger partial charge is 0.381 e. The summed E-state index contributed by atoms with van der Waals surface area (Å²) in [6, 6.07) is 0. The third-order valence-corrected chi connectivity index (χ3v) is 3.28. The molecule has 3 nitrogen and oxygen atoms in total. The number of hydrogen-bond donors (Lipinski definition) is 1. The van der Waals surface area contributed by atoms with Crippen molar-refractivity contribution in [3.8, 4) is 0 Å². The van der Waals surface area contributed by atoms with Crippen molar-refractivity contribution in [2.24, 2.45) is 0 Å². The van der Waals surface area contributed by atoms with E-state index in [0.29, 0.717) is 6.10 Å². The summed E-state index contributed by atoms with van der Waals surface area (Å²) in [4.78, 5) is 0. The lowest BCUT2D eigenvalue weighted by molar-refractivity contribution is -0.128. The standard InChI is InChI=1S/C11H21NO2/c1-11(4-6-12-7-5-11)14-10-2-8-13-9-3-10/h10,12H,2-9H2,1H3. The second-order valence-corrected chi connectivity index (χ2v) is 4.63. The molecule has 82 valence electrons. The molecule has 0 aromatic carbocycles. The molecule has 0 amide bonds. The Balaban J connectivity index is 1.81. The summed E-state index contributed by atoms with van der Waals surface area (Å²) in [6.45, 7) is 6.20. The van der Waals surface area contributed by atoms with E-state index in [4.69, 9.17) is 9.47 Å². The van der Waals surface area contributed by atoms with Gasteiger partial charge in [0.15, 0.2) is 0 Å². The molecule has 2 aliphatic heterocycles. The van der Waals surface area contributed by atoms with E-state index in [1.54, 1.807) is 0 Å². The Morgan fingerprint density at radius 1 is 1.21 bits per heavy atom. The molecular weight excluding hydrogens is 178 g/mol. The molecule has 3 heteroatoms. The van der Waals surface area contributed by atoms with Crippen molar-refractivity contribution in [3.05, 3.63) is 0 Å². The molecule has 0 unspecified atom stereocenters. The molecular formula is C11H21NO2. The van der Waals surface area contributed by atoms with Gasteiger partial charge in [0.1, 0.15) is 0 Å². The number of nitrogens with one attached hydrogen (secondary N) is 1. The molecule has 0 radical (unpaired) electrons. The fraction of sp³-hybridized carbons (Fsp3) is 1.00. The molecule has 0 aromatic heterocycles. The quantitative estimate of drug-likeness (QED) is 0.727. The molecule has 2 saturated heterocycles. The lowest BCUT2D eigenvalue weighted by Gasteiger charge is -2.38.